The zero-order chi connectivity index (χ0) is 26.1. The van der Waals surface area contributed by atoms with Gasteiger partial charge in [0.25, 0.3) is 10.0 Å². The van der Waals surface area contributed by atoms with Crippen LogP contribution in [0.25, 0.3) is 0 Å². The number of halogens is 1. The maximum absolute atomic E-state index is 13.8. The number of methoxy groups -OCH3 is 3. The molecule has 11 heteroatoms. The maximum Gasteiger partial charge on any atom is 0.265 e. The number of nitrogens with one attached hydrogen (secondary N) is 1. The molecule has 3 aromatic rings. The Balaban J connectivity index is 1.87. The molecule has 0 saturated carbocycles. The molecule has 1 amide bonds. The smallest absolute Gasteiger partial charge is 0.265 e. The molecular formula is C25H27ClN2O6S2. The number of anilines is 1. The first kappa shape index (κ1) is 27.5. The minimum atomic E-state index is -4.24. The van der Waals surface area contributed by atoms with Gasteiger partial charge in [-0.3, -0.25) is 9.10 Å². The summed E-state index contributed by atoms with van der Waals surface area (Å²) in [6, 6.07) is 18.6. The summed E-state index contributed by atoms with van der Waals surface area (Å²) in [5, 5.41) is 3.08. The quantitative estimate of drug-likeness (QED) is 0.263. The van der Waals surface area contributed by atoms with Crippen LogP contribution in [0, 0.1) is 0 Å². The van der Waals surface area contributed by atoms with Crippen molar-refractivity contribution in [1.29, 1.82) is 0 Å². The summed E-state index contributed by atoms with van der Waals surface area (Å²) < 4.78 is 44.4. The van der Waals surface area contributed by atoms with E-state index in [0.29, 0.717) is 18.0 Å². The highest BCUT2D eigenvalue weighted by molar-refractivity contribution is 7.99. The molecule has 3 aromatic carbocycles. The molecule has 0 unspecified atom stereocenters. The number of rotatable bonds is 12. The number of amides is 1. The first-order valence-electron chi connectivity index (χ1n) is 10.8. The van der Waals surface area contributed by atoms with E-state index in [9.17, 15) is 13.2 Å². The molecule has 36 heavy (non-hydrogen) atoms. The van der Waals surface area contributed by atoms with Crippen LogP contribution in [-0.2, 0) is 14.8 Å². The first-order valence-corrected chi connectivity index (χ1v) is 13.6. The minimum Gasteiger partial charge on any atom is -0.495 e. The molecule has 0 heterocycles. The molecule has 1 N–H and O–H groups in total. The van der Waals surface area contributed by atoms with E-state index >= 15 is 0 Å². The largest absolute Gasteiger partial charge is 0.495 e. The Morgan fingerprint density at radius 1 is 0.917 bits per heavy atom. The topological polar surface area (TPSA) is 94.2 Å². The van der Waals surface area contributed by atoms with Gasteiger partial charge in [0.1, 0.15) is 12.3 Å². The summed E-state index contributed by atoms with van der Waals surface area (Å²) in [6.45, 7) is -0.126. The molecule has 3 rings (SSSR count). The number of carbonyl (C=O) groups is 1. The number of thioether (sulfide) groups is 1. The van der Waals surface area contributed by atoms with Gasteiger partial charge in [-0.15, -0.1) is 11.8 Å². The highest BCUT2D eigenvalue weighted by Gasteiger charge is 2.30. The molecule has 8 nitrogen and oxygen atoms in total. The Labute approximate surface area is 220 Å². The lowest BCUT2D eigenvalue weighted by molar-refractivity contribution is -0.119. The van der Waals surface area contributed by atoms with Gasteiger partial charge >= 0.3 is 0 Å². The molecule has 0 spiro atoms. The fraction of sp³-hybridized carbons (Fsp3) is 0.240. The van der Waals surface area contributed by atoms with E-state index < -0.39 is 22.5 Å². The van der Waals surface area contributed by atoms with Gasteiger partial charge in [-0.05, 0) is 42.5 Å². The second-order valence-corrected chi connectivity index (χ2v) is 10.8. The Bertz CT molecular complexity index is 1290. The lowest BCUT2D eigenvalue weighted by Gasteiger charge is -2.26. The molecule has 0 aliphatic carbocycles. The van der Waals surface area contributed by atoms with Gasteiger partial charge < -0.3 is 19.5 Å². The van der Waals surface area contributed by atoms with Crippen LogP contribution in [0.2, 0.25) is 5.02 Å². The van der Waals surface area contributed by atoms with Crippen LogP contribution in [0.4, 0.5) is 5.69 Å². The summed E-state index contributed by atoms with van der Waals surface area (Å²) >= 11 is 7.77. The van der Waals surface area contributed by atoms with E-state index in [1.165, 1.54) is 45.6 Å². The zero-order valence-corrected chi connectivity index (χ0v) is 22.5. The van der Waals surface area contributed by atoms with Gasteiger partial charge in [-0.2, -0.15) is 0 Å². The molecule has 0 fully saturated rings. The van der Waals surface area contributed by atoms with Crippen molar-refractivity contribution in [2.75, 3.05) is 44.5 Å². The van der Waals surface area contributed by atoms with E-state index in [2.05, 4.69) is 5.32 Å². The monoisotopic (exact) mass is 550 g/mol. The molecule has 0 aromatic heterocycles. The maximum atomic E-state index is 13.8. The van der Waals surface area contributed by atoms with Crippen LogP contribution in [0.1, 0.15) is 0 Å². The van der Waals surface area contributed by atoms with Crippen molar-refractivity contribution in [1.82, 2.24) is 5.32 Å². The van der Waals surface area contributed by atoms with Gasteiger partial charge in [-0.1, -0.05) is 29.8 Å². The molecular weight excluding hydrogens is 524 g/mol. The molecule has 0 atom stereocenters. The average molecular weight is 551 g/mol. The predicted octanol–water partition coefficient (Wildman–Crippen LogP) is 4.47. The first-order chi connectivity index (χ1) is 17.3. The molecule has 192 valence electrons. The zero-order valence-electron chi connectivity index (χ0n) is 20.1. The Morgan fingerprint density at radius 3 is 2.25 bits per heavy atom. The average Bonchev–Trinajstić information content (AvgIpc) is 2.89. The van der Waals surface area contributed by atoms with Gasteiger partial charge in [0.05, 0.1) is 31.9 Å². The summed E-state index contributed by atoms with van der Waals surface area (Å²) in [6.07, 6.45) is 0. The Hall–Kier alpha value is -3.08. The van der Waals surface area contributed by atoms with Gasteiger partial charge in [0.15, 0.2) is 11.5 Å². The van der Waals surface area contributed by atoms with Crippen molar-refractivity contribution in [2.24, 2.45) is 0 Å². The minimum absolute atomic E-state index is 0.0883. The summed E-state index contributed by atoms with van der Waals surface area (Å²) in [4.78, 5) is 13.9. The van der Waals surface area contributed by atoms with Crippen LogP contribution in [0.15, 0.2) is 76.5 Å². The van der Waals surface area contributed by atoms with Crippen LogP contribution >= 0.6 is 23.4 Å². The highest BCUT2D eigenvalue weighted by Crippen LogP contribution is 2.37. The van der Waals surface area contributed by atoms with Crippen molar-refractivity contribution in [3.63, 3.8) is 0 Å². The van der Waals surface area contributed by atoms with E-state index in [4.69, 9.17) is 25.8 Å². The molecule has 0 aliphatic heterocycles. The lowest BCUT2D eigenvalue weighted by Crippen LogP contribution is -2.41. The summed E-state index contributed by atoms with van der Waals surface area (Å²) in [5.41, 5.74) is 0.133. The number of ether oxygens (including phenoxy) is 3. The predicted molar refractivity (Wildman–Crippen MR) is 142 cm³/mol. The standard InChI is InChI=1S/C25H27ClN2O6S2/c1-32-22-11-9-18(26)15-21(22)28(17-25(29)27-13-14-35-19-7-5-4-6-8-19)36(30,31)20-10-12-23(33-2)24(16-20)34-3/h4-12,15-16H,13-14,17H2,1-3H3,(H,27,29). The van der Waals surface area contributed by atoms with Crippen LogP contribution in [0.5, 0.6) is 17.2 Å². The molecule has 0 aliphatic rings. The van der Waals surface area contributed by atoms with Gasteiger partial charge in [0, 0.05) is 28.3 Å². The number of benzene rings is 3. The second kappa shape index (κ2) is 12.8. The number of hydrogen-bond donors (Lipinski definition) is 1. The van der Waals surface area contributed by atoms with Crippen LogP contribution in [0.3, 0.4) is 0 Å². The summed E-state index contributed by atoms with van der Waals surface area (Å²) in [5.74, 6) is 1.00. The van der Waals surface area contributed by atoms with E-state index in [-0.39, 0.29) is 27.1 Å². The third-order valence-corrected chi connectivity index (χ3v) is 8.08. The number of hydrogen-bond acceptors (Lipinski definition) is 7. The third kappa shape index (κ3) is 6.77. The third-order valence-electron chi connectivity index (χ3n) is 5.08. The van der Waals surface area contributed by atoms with Crippen molar-refractivity contribution in [2.45, 2.75) is 9.79 Å². The van der Waals surface area contributed by atoms with Crippen LogP contribution in [-0.4, -0.2) is 54.5 Å². The number of nitrogens with zero attached hydrogens (tertiary/aromatic N) is 1. The van der Waals surface area contributed by atoms with Crippen molar-refractivity contribution in [3.8, 4) is 17.2 Å². The fourth-order valence-corrected chi connectivity index (χ4v) is 5.72. The number of sulfonamides is 1. The van der Waals surface area contributed by atoms with Gasteiger partial charge in [-0.25, -0.2) is 8.42 Å². The van der Waals surface area contributed by atoms with E-state index in [0.717, 1.165) is 9.20 Å². The highest BCUT2D eigenvalue weighted by atomic mass is 35.5. The van der Waals surface area contributed by atoms with E-state index in [1.54, 1.807) is 23.9 Å². The summed E-state index contributed by atoms with van der Waals surface area (Å²) in [7, 11) is 0.0385. The van der Waals surface area contributed by atoms with Crippen LogP contribution < -0.4 is 23.8 Å². The van der Waals surface area contributed by atoms with Crippen molar-refractivity contribution in [3.05, 3.63) is 71.8 Å². The van der Waals surface area contributed by atoms with E-state index in [1.807, 2.05) is 30.3 Å². The fourth-order valence-electron chi connectivity index (χ4n) is 3.32. The number of carbonyl (C=O) groups excluding carboxylic acids is 1. The van der Waals surface area contributed by atoms with Crippen molar-refractivity contribution < 1.29 is 27.4 Å². The molecule has 0 saturated heterocycles. The Kier molecular flexibility index (Phi) is 9.74. The Morgan fingerprint density at radius 2 is 1.58 bits per heavy atom. The normalized spacial score (nSPS) is 11.0. The molecule has 0 radical (unpaired) electrons. The SMILES string of the molecule is COc1ccc(S(=O)(=O)N(CC(=O)NCCSc2ccccc2)c2cc(Cl)ccc2OC)cc1OC. The van der Waals surface area contributed by atoms with Gasteiger partial charge in [0.2, 0.25) is 5.91 Å². The second-order valence-electron chi connectivity index (χ2n) is 7.36. The van der Waals surface area contributed by atoms with Crippen molar-refractivity contribution >= 4 is 45.0 Å². The molecule has 0 bridgehead atoms. The lowest BCUT2D eigenvalue weighted by atomic mass is 10.3.